The van der Waals surface area contributed by atoms with Crippen molar-refractivity contribution in [3.63, 3.8) is 0 Å². The lowest BCUT2D eigenvalue weighted by Gasteiger charge is -2.15. The molecule has 1 amide bonds. The number of hydrogen-bond acceptors (Lipinski definition) is 3. The molecule has 1 atom stereocenters. The molecule has 2 rings (SSSR count). The first-order valence-electron chi connectivity index (χ1n) is 7.47. The summed E-state index contributed by atoms with van der Waals surface area (Å²) >= 11 is 0. The van der Waals surface area contributed by atoms with Crippen molar-refractivity contribution in [2.75, 3.05) is 19.6 Å². The molecule has 4 heteroatoms. The van der Waals surface area contributed by atoms with Gasteiger partial charge in [0, 0.05) is 25.6 Å². The lowest BCUT2D eigenvalue weighted by molar-refractivity contribution is -0.124. The number of nitrogens with zero attached hydrogens (tertiary/aromatic N) is 1. The minimum absolute atomic E-state index is 0.0219. The monoisotopic (exact) mass is 275 g/mol. The van der Waals surface area contributed by atoms with Crippen LogP contribution in [0.1, 0.15) is 30.9 Å². The summed E-state index contributed by atoms with van der Waals surface area (Å²) in [5.41, 5.74) is 7.95. The van der Waals surface area contributed by atoms with Gasteiger partial charge >= 0.3 is 0 Å². The fourth-order valence-electron chi connectivity index (χ4n) is 2.43. The molecule has 1 aromatic rings. The Hall–Kier alpha value is -1.39. The van der Waals surface area contributed by atoms with Gasteiger partial charge in [0.15, 0.2) is 0 Å². The number of hydrogen-bond donors (Lipinski definition) is 2. The Labute approximate surface area is 121 Å². The summed E-state index contributed by atoms with van der Waals surface area (Å²) in [7, 11) is 0. The highest BCUT2D eigenvalue weighted by Gasteiger charge is 2.12. The van der Waals surface area contributed by atoms with E-state index in [-0.39, 0.29) is 11.8 Å². The van der Waals surface area contributed by atoms with Crippen LogP contribution in [0.2, 0.25) is 0 Å². The Morgan fingerprint density at radius 1 is 1.25 bits per heavy atom. The van der Waals surface area contributed by atoms with E-state index in [1.54, 1.807) is 0 Å². The van der Waals surface area contributed by atoms with Gasteiger partial charge in [0.1, 0.15) is 0 Å². The van der Waals surface area contributed by atoms with Gasteiger partial charge in [-0.3, -0.25) is 9.69 Å². The Kier molecular flexibility index (Phi) is 5.56. The van der Waals surface area contributed by atoms with Crippen LogP contribution in [-0.2, 0) is 17.9 Å². The van der Waals surface area contributed by atoms with E-state index in [0.717, 1.165) is 12.1 Å². The van der Waals surface area contributed by atoms with Gasteiger partial charge in [-0.25, -0.2) is 0 Å². The first kappa shape index (κ1) is 15.0. The fraction of sp³-hybridized carbons (Fsp3) is 0.562. The smallest absolute Gasteiger partial charge is 0.224 e. The van der Waals surface area contributed by atoms with Crippen LogP contribution in [0.15, 0.2) is 24.3 Å². The summed E-state index contributed by atoms with van der Waals surface area (Å²) in [6.07, 6.45) is 2.65. The predicted octanol–water partition coefficient (Wildman–Crippen LogP) is 1.49. The van der Waals surface area contributed by atoms with Crippen LogP contribution in [0.3, 0.4) is 0 Å². The molecule has 0 radical (unpaired) electrons. The molecule has 1 aliphatic heterocycles. The van der Waals surface area contributed by atoms with Crippen LogP contribution in [0.5, 0.6) is 0 Å². The molecule has 1 heterocycles. The number of likely N-dealkylation sites (tertiary alicyclic amines) is 1. The predicted molar refractivity (Wildman–Crippen MR) is 81.0 cm³/mol. The molecule has 110 valence electrons. The number of nitrogens with two attached hydrogens (primary N) is 1. The van der Waals surface area contributed by atoms with Gasteiger partial charge in [0.2, 0.25) is 5.91 Å². The largest absolute Gasteiger partial charge is 0.352 e. The average Bonchev–Trinajstić information content (AvgIpc) is 2.98. The zero-order valence-electron chi connectivity index (χ0n) is 12.3. The van der Waals surface area contributed by atoms with E-state index in [9.17, 15) is 4.79 Å². The van der Waals surface area contributed by atoms with Crippen LogP contribution in [0.25, 0.3) is 0 Å². The zero-order chi connectivity index (χ0) is 14.4. The number of amides is 1. The standard InChI is InChI=1S/C16H25N3O/c1-13(10-17)16(20)18-11-14-4-6-15(7-5-14)12-19-8-2-3-9-19/h4-7,13H,2-3,8-12,17H2,1H3,(H,18,20). The molecule has 0 spiro atoms. The molecule has 1 aliphatic rings. The second kappa shape index (κ2) is 7.41. The van der Waals surface area contributed by atoms with Crippen molar-refractivity contribution in [3.05, 3.63) is 35.4 Å². The highest BCUT2D eigenvalue weighted by atomic mass is 16.1. The Bertz CT molecular complexity index is 424. The van der Waals surface area contributed by atoms with Gasteiger partial charge in [-0.2, -0.15) is 0 Å². The van der Waals surface area contributed by atoms with E-state index in [0.29, 0.717) is 13.1 Å². The summed E-state index contributed by atoms with van der Waals surface area (Å²) in [6.45, 7) is 6.28. The molecule has 4 nitrogen and oxygen atoms in total. The van der Waals surface area contributed by atoms with Gasteiger partial charge in [-0.15, -0.1) is 0 Å². The third-order valence-corrected chi connectivity index (χ3v) is 3.90. The van der Waals surface area contributed by atoms with Crippen LogP contribution in [0.4, 0.5) is 0 Å². The lowest BCUT2D eigenvalue weighted by atomic mass is 10.1. The highest BCUT2D eigenvalue weighted by molar-refractivity contribution is 5.78. The molecule has 1 unspecified atom stereocenters. The lowest BCUT2D eigenvalue weighted by Crippen LogP contribution is -2.32. The van der Waals surface area contributed by atoms with Crippen LogP contribution < -0.4 is 11.1 Å². The number of nitrogens with one attached hydrogen (secondary N) is 1. The molecular weight excluding hydrogens is 250 g/mol. The fourth-order valence-corrected chi connectivity index (χ4v) is 2.43. The van der Waals surface area contributed by atoms with E-state index in [1.165, 1.54) is 31.5 Å². The first-order chi connectivity index (χ1) is 9.69. The van der Waals surface area contributed by atoms with Gasteiger partial charge in [-0.1, -0.05) is 31.2 Å². The number of carbonyl (C=O) groups excluding carboxylic acids is 1. The van der Waals surface area contributed by atoms with Crippen molar-refractivity contribution >= 4 is 5.91 Å². The van der Waals surface area contributed by atoms with Gasteiger partial charge in [0.05, 0.1) is 0 Å². The molecular formula is C16H25N3O. The molecule has 0 saturated carbocycles. The van der Waals surface area contributed by atoms with E-state index in [4.69, 9.17) is 5.73 Å². The second-order valence-corrected chi connectivity index (χ2v) is 5.65. The molecule has 0 aromatic heterocycles. The molecule has 1 aromatic carbocycles. The highest BCUT2D eigenvalue weighted by Crippen LogP contribution is 2.13. The minimum atomic E-state index is -0.121. The SMILES string of the molecule is CC(CN)C(=O)NCc1ccc(CN2CCCC2)cc1. The maximum Gasteiger partial charge on any atom is 0.224 e. The minimum Gasteiger partial charge on any atom is -0.352 e. The molecule has 0 bridgehead atoms. The van der Waals surface area contributed by atoms with Crippen molar-refractivity contribution in [3.8, 4) is 0 Å². The third kappa shape index (κ3) is 4.32. The van der Waals surface area contributed by atoms with Gasteiger partial charge < -0.3 is 11.1 Å². The van der Waals surface area contributed by atoms with E-state index < -0.39 is 0 Å². The summed E-state index contributed by atoms with van der Waals surface area (Å²) in [5, 5.41) is 2.91. The number of benzene rings is 1. The summed E-state index contributed by atoms with van der Waals surface area (Å²) in [5.74, 6) is -0.0990. The molecule has 3 N–H and O–H groups in total. The van der Waals surface area contributed by atoms with E-state index in [2.05, 4.69) is 34.5 Å². The molecule has 0 aliphatic carbocycles. The molecule has 1 fully saturated rings. The van der Waals surface area contributed by atoms with Crippen molar-refractivity contribution < 1.29 is 4.79 Å². The molecule has 1 saturated heterocycles. The summed E-state index contributed by atoms with van der Waals surface area (Å²) in [4.78, 5) is 14.1. The Morgan fingerprint density at radius 3 is 2.45 bits per heavy atom. The van der Waals surface area contributed by atoms with Crippen molar-refractivity contribution in [1.29, 1.82) is 0 Å². The number of carbonyl (C=O) groups is 1. The van der Waals surface area contributed by atoms with Crippen molar-refractivity contribution in [2.24, 2.45) is 11.7 Å². The van der Waals surface area contributed by atoms with Gasteiger partial charge in [-0.05, 0) is 37.1 Å². The van der Waals surface area contributed by atoms with E-state index >= 15 is 0 Å². The maximum atomic E-state index is 11.6. The third-order valence-electron chi connectivity index (χ3n) is 3.90. The molecule has 20 heavy (non-hydrogen) atoms. The Balaban J connectivity index is 1.80. The average molecular weight is 275 g/mol. The van der Waals surface area contributed by atoms with Crippen LogP contribution in [-0.4, -0.2) is 30.4 Å². The van der Waals surface area contributed by atoms with Crippen LogP contribution in [0, 0.1) is 5.92 Å². The summed E-state index contributed by atoms with van der Waals surface area (Å²) < 4.78 is 0. The number of rotatable bonds is 6. The Morgan fingerprint density at radius 2 is 1.85 bits per heavy atom. The van der Waals surface area contributed by atoms with Gasteiger partial charge in [0.25, 0.3) is 0 Å². The van der Waals surface area contributed by atoms with Crippen molar-refractivity contribution in [2.45, 2.75) is 32.9 Å². The van der Waals surface area contributed by atoms with Crippen LogP contribution >= 0.6 is 0 Å². The normalized spacial score (nSPS) is 17.1. The summed E-state index contributed by atoms with van der Waals surface area (Å²) in [6, 6.07) is 8.51. The quantitative estimate of drug-likeness (QED) is 0.827. The van der Waals surface area contributed by atoms with E-state index in [1.807, 2.05) is 6.92 Å². The topological polar surface area (TPSA) is 58.4 Å². The van der Waals surface area contributed by atoms with Crippen molar-refractivity contribution in [1.82, 2.24) is 10.2 Å². The zero-order valence-corrected chi connectivity index (χ0v) is 12.3. The first-order valence-corrected chi connectivity index (χ1v) is 7.47. The second-order valence-electron chi connectivity index (χ2n) is 5.65. The maximum absolute atomic E-state index is 11.6.